The number of rotatable bonds is 7. The summed E-state index contributed by atoms with van der Waals surface area (Å²) in [5.41, 5.74) is 0.106. The zero-order valence-corrected chi connectivity index (χ0v) is 17.5. The fourth-order valence-corrected chi connectivity index (χ4v) is 4.43. The van der Waals surface area contributed by atoms with Crippen molar-refractivity contribution in [2.45, 2.75) is 37.3 Å². The van der Waals surface area contributed by atoms with Crippen molar-refractivity contribution < 1.29 is 33.6 Å². The van der Waals surface area contributed by atoms with Gasteiger partial charge in [0.05, 0.1) is 33.9 Å². The molecular weight excluding hydrogens is 376 g/mol. The van der Waals surface area contributed by atoms with Crippen LogP contribution in [0.5, 0.6) is 17.2 Å². The first kappa shape index (κ1) is 21.4. The molecule has 1 saturated heterocycles. The van der Waals surface area contributed by atoms with Crippen molar-refractivity contribution in [3.8, 4) is 17.2 Å². The summed E-state index contributed by atoms with van der Waals surface area (Å²) in [6.07, 6.45) is 3.01. The van der Waals surface area contributed by atoms with E-state index in [0.717, 1.165) is 5.56 Å². The number of aliphatic hydroxyl groups is 1. The van der Waals surface area contributed by atoms with Gasteiger partial charge in [-0.25, -0.2) is 0 Å². The van der Waals surface area contributed by atoms with Crippen LogP contribution >= 0.6 is 0 Å². The van der Waals surface area contributed by atoms with Crippen molar-refractivity contribution in [1.82, 2.24) is 0 Å². The van der Waals surface area contributed by atoms with Crippen molar-refractivity contribution in [2.24, 2.45) is 5.92 Å². The Kier molecular flexibility index (Phi) is 5.76. The van der Waals surface area contributed by atoms with Gasteiger partial charge in [0.2, 0.25) is 11.5 Å². The summed E-state index contributed by atoms with van der Waals surface area (Å²) >= 11 is 0. The molecule has 4 atom stereocenters. The number of allylic oxidation sites excluding steroid dienone is 2. The van der Waals surface area contributed by atoms with Crippen LogP contribution in [-0.4, -0.2) is 50.7 Å². The van der Waals surface area contributed by atoms with Crippen LogP contribution < -0.4 is 14.2 Å². The topological polar surface area (TPSA) is 83.5 Å². The Morgan fingerprint density at radius 2 is 1.83 bits per heavy atom. The van der Waals surface area contributed by atoms with Gasteiger partial charge in [-0.1, -0.05) is 13.0 Å². The Morgan fingerprint density at radius 3 is 2.31 bits per heavy atom. The van der Waals surface area contributed by atoms with E-state index in [4.69, 9.17) is 23.7 Å². The molecule has 0 bridgehead atoms. The first-order valence-electron chi connectivity index (χ1n) is 9.41. The van der Waals surface area contributed by atoms with Crippen LogP contribution in [-0.2, 0) is 14.3 Å². The molecule has 158 valence electrons. The van der Waals surface area contributed by atoms with E-state index >= 15 is 0 Å². The van der Waals surface area contributed by atoms with E-state index in [1.165, 1.54) is 28.4 Å². The third kappa shape index (κ3) is 3.13. The Bertz CT molecular complexity index is 821. The molecule has 1 N–H and O–H groups in total. The van der Waals surface area contributed by atoms with Crippen LogP contribution in [0.15, 0.2) is 36.4 Å². The molecule has 0 aromatic heterocycles. The summed E-state index contributed by atoms with van der Waals surface area (Å²) in [4.78, 5) is 12.6. The average molecular weight is 404 g/mol. The number of ketones is 1. The van der Waals surface area contributed by atoms with E-state index in [-0.39, 0.29) is 18.1 Å². The summed E-state index contributed by atoms with van der Waals surface area (Å²) in [5, 5.41) is 11.3. The fourth-order valence-electron chi connectivity index (χ4n) is 4.43. The second kappa shape index (κ2) is 7.82. The maximum absolute atomic E-state index is 12.6. The lowest BCUT2D eigenvalue weighted by Crippen LogP contribution is -2.57. The smallest absolute Gasteiger partial charge is 0.207 e. The SMILES string of the molecule is C=CCC1=C[C@]2(OC)[C@H](C)[C@@H](c3cc(OC)c(OC)c(OC)c3)O[C@@]2(O)CC1=O. The number of hydrogen-bond donors (Lipinski definition) is 1. The Balaban J connectivity index is 2.12. The molecule has 1 aromatic rings. The minimum atomic E-state index is -1.78. The van der Waals surface area contributed by atoms with Crippen molar-refractivity contribution in [3.63, 3.8) is 0 Å². The predicted octanol–water partition coefficient (Wildman–Crippen LogP) is 2.97. The summed E-state index contributed by atoms with van der Waals surface area (Å²) in [6, 6.07) is 3.56. The minimum Gasteiger partial charge on any atom is -0.493 e. The second-order valence-electron chi connectivity index (χ2n) is 7.33. The number of carbonyl (C=O) groups excluding carboxylic acids is 1. The average Bonchev–Trinajstić information content (AvgIpc) is 2.94. The van der Waals surface area contributed by atoms with Crippen LogP contribution in [0.1, 0.15) is 31.4 Å². The van der Waals surface area contributed by atoms with Gasteiger partial charge in [-0.05, 0) is 35.8 Å². The summed E-state index contributed by atoms with van der Waals surface area (Å²) in [5.74, 6) is -0.861. The zero-order valence-electron chi connectivity index (χ0n) is 17.5. The van der Waals surface area contributed by atoms with Crippen LogP contribution in [0.3, 0.4) is 0 Å². The van der Waals surface area contributed by atoms with E-state index in [2.05, 4.69) is 6.58 Å². The molecule has 3 rings (SSSR count). The molecule has 1 heterocycles. The van der Waals surface area contributed by atoms with Gasteiger partial charge in [0.25, 0.3) is 0 Å². The van der Waals surface area contributed by atoms with Crippen LogP contribution in [0.25, 0.3) is 0 Å². The highest BCUT2D eigenvalue weighted by Crippen LogP contribution is 2.57. The second-order valence-corrected chi connectivity index (χ2v) is 7.33. The lowest BCUT2D eigenvalue weighted by atomic mass is 9.72. The monoisotopic (exact) mass is 404 g/mol. The number of Topliss-reactive ketones (excluding diaryl/α,β-unsaturated/α-hetero) is 1. The molecule has 0 unspecified atom stereocenters. The number of hydrogen-bond acceptors (Lipinski definition) is 7. The van der Waals surface area contributed by atoms with Gasteiger partial charge in [-0.2, -0.15) is 0 Å². The zero-order chi connectivity index (χ0) is 21.4. The minimum absolute atomic E-state index is 0.183. The Labute approximate surface area is 170 Å². The van der Waals surface area contributed by atoms with Crippen LogP contribution in [0, 0.1) is 5.92 Å². The van der Waals surface area contributed by atoms with Crippen molar-refractivity contribution in [2.75, 3.05) is 28.4 Å². The fraction of sp³-hybridized carbons (Fsp3) is 0.500. The molecule has 0 radical (unpaired) electrons. The first-order chi connectivity index (χ1) is 13.8. The normalized spacial score (nSPS) is 31.1. The van der Waals surface area contributed by atoms with Crippen LogP contribution in [0.4, 0.5) is 0 Å². The molecule has 1 fully saturated rings. The lowest BCUT2D eigenvalue weighted by molar-refractivity contribution is -0.260. The Morgan fingerprint density at radius 1 is 1.21 bits per heavy atom. The largest absolute Gasteiger partial charge is 0.493 e. The highest BCUT2D eigenvalue weighted by molar-refractivity contribution is 5.97. The summed E-state index contributed by atoms with van der Waals surface area (Å²) in [7, 11) is 6.11. The van der Waals surface area contributed by atoms with Crippen molar-refractivity contribution >= 4 is 5.78 Å². The molecule has 1 aliphatic carbocycles. The molecule has 1 aromatic carbocycles. The van der Waals surface area contributed by atoms with Crippen molar-refractivity contribution in [3.05, 3.63) is 42.0 Å². The predicted molar refractivity (Wildman–Crippen MR) is 106 cm³/mol. The lowest BCUT2D eigenvalue weighted by Gasteiger charge is -2.42. The van der Waals surface area contributed by atoms with Gasteiger partial charge in [0.15, 0.2) is 17.3 Å². The number of ether oxygens (including phenoxy) is 5. The molecule has 0 saturated carbocycles. The quantitative estimate of drug-likeness (QED) is 0.700. The first-order valence-corrected chi connectivity index (χ1v) is 9.41. The summed E-state index contributed by atoms with van der Waals surface area (Å²) in [6.45, 7) is 5.63. The molecule has 0 amide bonds. The van der Waals surface area contributed by atoms with Crippen LogP contribution in [0.2, 0.25) is 0 Å². The van der Waals surface area contributed by atoms with E-state index < -0.39 is 17.5 Å². The summed E-state index contributed by atoms with van der Waals surface area (Å²) < 4.78 is 28.2. The van der Waals surface area contributed by atoms with Gasteiger partial charge >= 0.3 is 0 Å². The molecule has 0 spiro atoms. The third-order valence-electron chi connectivity index (χ3n) is 5.93. The van der Waals surface area contributed by atoms with E-state index in [0.29, 0.717) is 29.2 Å². The standard InChI is InChI=1S/C22H28O7/c1-7-8-14-11-21(28-6)13(2)19(29-22(21,24)12-16(14)23)15-9-17(25-3)20(27-5)18(10-15)26-4/h7,9-11,13,19,24H,1,8,12H2,2-6H3/t13-,19+,21+,22+/m1/s1. The van der Waals surface area contributed by atoms with Crippen molar-refractivity contribution in [1.29, 1.82) is 0 Å². The maximum Gasteiger partial charge on any atom is 0.207 e. The van der Waals surface area contributed by atoms with E-state index in [1.54, 1.807) is 24.3 Å². The van der Waals surface area contributed by atoms with Gasteiger partial charge < -0.3 is 28.8 Å². The number of benzene rings is 1. The maximum atomic E-state index is 12.6. The van der Waals surface area contributed by atoms with Gasteiger partial charge in [0.1, 0.15) is 5.60 Å². The molecule has 7 nitrogen and oxygen atoms in total. The highest BCUT2D eigenvalue weighted by atomic mass is 16.7. The van der Waals surface area contributed by atoms with Gasteiger partial charge in [-0.3, -0.25) is 4.79 Å². The Hall–Kier alpha value is -2.35. The molecule has 1 aliphatic heterocycles. The molecule has 7 heteroatoms. The van der Waals surface area contributed by atoms with E-state index in [9.17, 15) is 9.90 Å². The number of carbonyl (C=O) groups is 1. The number of fused-ring (bicyclic) bond motifs is 1. The third-order valence-corrected chi connectivity index (χ3v) is 5.93. The van der Waals surface area contributed by atoms with Gasteiger partial charge in [0, 0.05) is 13.0 Å². The van der Waals surface area contributed by atoms with E-state index in [1.807, 2.05) is 6.92 Å². The number of methoxy groups -OCH3 is 4. The molecule has 29 heavy (non-hydrogen) atoms. The highest BCUT2D eigenvalue weighted by Gasteiger charge is 2.66. The molecular formula is C22H28O7. The molecule has 2 aliphatic rings. The van der Waals surface area contributed by atoms with Gasteiger partial charge in [-0.15, -0.1) is 6.58 Å².